The Morgan fingerprint density at radius 3 is 2.74 bits per heavy atom. The SMILES string of the molecule is CCCN1C(=O)[C@@H]2[C@H](C(=O)Nc3cccc(C)c3)[C@@H]3C=C[C@@]2(O3)[C@@H]1C(=O)N[C@@H]1CCC[C@@H](C)[C@@H]1C. The van der Waals surface area contributed by atoms with Gasteiger partial charge in [-0.3, -0.25) is 14.4 Å². The van der Waals surface area contributed by atoms with E-state index in [1.807, 2.05) is 50.3 Å². The van der Waals surface area contributed by atoms with Crippen LogP contribution in [0.25, 0.3) is 0 Å². The second-order valence-electron chi connectivity index (χ2n) is 11.0. The van der Waals surface area contributed by atoms with E-state index in [0.29, 0.717) is 24.1 Å². The molecule has 1 saturated carbocycles. The molecule has 2 N–H and O–H groups in total. The Morgan fingerprint density at radius 1 is 1.20 bits per heavy atom. The van der Waals surface area contributed by atoms with Crippen LogP contribution in [0.2, 0.25) is 0 Å². The summed E-state index contributed by atoms with van der Waals surface area (Å²) in [5.74, 6) is -1.01. The summed E-state index contributed by atoms with van der Waals surface area (Å²) >= 11 is 0. The molecule has 1 spiro atoms. The zero-order valence-electron chi connectivity index (χ0n) is 21.1. The lowest BCUT2D eigenvalue weighted by Crippen LogP contribution is -2.57. The summed E-state index contributed by atoms with van der Waals surface area (Å²) in [7, 11) is 0. The average Bonchev–Trinajstić information content (AvgIpc) is 3.45. The van der Waals surface area contributed by atoms with E-state index < -0.39 is 29.6 Å². The molecule has 3 heterocycles. The minimum Gasteiger partial charge on any atom is -0.359 e. The number of nitrogens with one attached hydrogen (secondary N) is 2. The van der Waals surface area contributed by atoms with Crippen molar-refractivity contribution in [1.82, 2.24) is 10.2 Å². The first-order chi connectivity index (χ1) is 16.8. The van der Waals surface area contributed by atoms with E-state index in [4.69, 9.17) is 4.74 Å². The molecule has 7 nitrogen and oxygen atoms in total. The summed E-state index contributed by atoms with van der Waals surface area (Å²) in [6, 6.07) is 6.92. The Kier molecular flexibility index (Phi) is 6.24. The first kappa shape index (κ1) is 24.0. The third kappa shape index (κ3) is 3.88. The number of amides is 3. The van der Waals surface area contributed by atoms with Crippen LogP contribution in [0.4, 0.5) is 5.69 Å². The minimum atomic E-state index is -1.10. The lowest BCUT2D eigenvalue weighted by Gasteiger charge is -2.38. The zero-order chi connectivity index (χ0) is 24.9. The highest BCUT2D eigenvalue weighted by molar-refractivity contribution is 6.02. The maximum Gasteiger partial charge on any atom is 0.246 e. The van der Waals surface area contributed by atoms with Crippen LogP contribution >= 0.6 is 0 Å². The van der Waals surface area contributed by atoms with Gasteiger partial charge in [0.05, 0.1) is 17.9 Å². The van der Waals surface area contributed by atoms with E-state index in [9.17, 15) is 14.4 Å². The van der Waals surface area contributed by atoms with Gasteiger partial charge in [0.1, 0.15) is 11.6 Å². The molecule has 2 bridgehead atoms. The van der Waals surface area contributed by atoms with Crippen molar-refractivity contribution >= 4 is 23.4 Å². The maximum absolute atomic E-state index is 13.8. The van der Waals surface area contributed by atoms with Gasteiger partial charge in [0, 0.05) is 18.3 Å². The van der Waals surface area contributed by atoms with Gasteiger partial charge < -0.3 is 20.3 Å². The smallest absolute Gasteiger partial charge is 0.246 e. The molecule has 7 heteroatoms. The van der Waals surface area contributed by atoms with Crippen molar-refractivity contribution in [3.63, 3.8) is 0 Å². The van der Waals surface area contributed by atoms with E-state index in [-0.39, 0.29) is 23.8 Å². The highest BCUT2D eigenvalue weighted by Gasteiger charge is 2.72. The summed E-state index contributed by atoms with van der Waals surface area (Å²) in [6.07, 6.45) is 7.17. The standard InChI is InChI=1S/C28H37N3O4/c1-5-14-31-24(26(33)30-20-11-7-9-17(3)18(20)4)28-13-12-21(35-28)22(23(28)27(31)34)25(32)29-19-10-6-8-16(2)15-19/h6,8,10,12-13,15,17-18,20-24H,5,7,9,11,14H2,1-4H3,(H,29,32)(H,30,33)/t17-,18+,20-,21+,22-,23+,24+,28+/m1/s1. The number of hydrogen-bond acceptors (Lipinski definition) is 4. The number of rotatable bonds is 6. The molecule has 1 aliphatic carbocycles. The molecule has 1 aromatic rings. The number of nitrogens with zero attached hydrogens (tertiary/aromatic N) is 1. The van der Waals surface area contributed by atoms with Gasteiger partial charge in [0.25, 0.3) is 0 Å². The van der Waals surface area contributed by atoms with Crippen LogP contribution < -0.4 is 10.6 Å². The van der Waals surface area contributed by atoms with Gasteiger partial charge in [-0.15, -0.1) is 0 Å². The van der Waals surface area contributed by atoms with Crippen LogP contribution in [-0.4, -0.2) is 53.0 Å². The Hall–Kier alpha value is -2.67. The molecule has 2 saturated heterocycles. The number of benzene rings is 1. The summed E-state index contributed by atoms with van der Waals surface area (Å²) < 4.78 is 6.40. The quantitative estimate of drug-likeness (QED) is 0.612. The molecule has 8 atom stereocenters. The molecule has 3 fully saturated rings. The summed E-state index contributed by atoms with van der Waals surface area (Å²) in [5.41, 5.74) is 0.637. The van der Waals surface area contributed by atoms with E-state index in [2.05, 4.69) is 24.5 Å². The van der Waals surface area contributed by atoms with Gasteiger partial charge in [-0.05, 0) is 49.3 Å². The van der Waals surface area contributed by atoms with Crippen molar-refractivity contribution in [1.29, 1.82) is 0 Å². The predicted octanol–water partition coefficient (Wildman–Crippen LogP) is 3.44. The summed E-state index contributed by atoms with van der Waals surface area (Å²) in [5, 5.41) is 6.27. The maximum atomic E-state index is 13.8. The Morgan fingerprint density at radius 2 is 2.00 bits per heavy atom. The van der Waals surface area contributed by atoms with Gasteiger partial charge in [-0.1, -0.05) is 57.9 Å². The van der Waals surface area contributed by atoms with Crippen LogP contribution in [-0.2, 0) is 19.1 Å². The number of carbonyl (C=O) groups excluding carboxylic acids is 3. The van der Waals surface area contributed by atoms with E-state index in [1.165, 1.54) is 6.42 Å². The molecule has 0 unspecified atom stereocenters. The lowest BCUT2D eigenvalue weighted by molar-refractivity contribution is -0.141. The van der Waals surface area contributed by atoms with E-state index >= 15 is 0 Å². The molecule has 0 aromatic heterocycles. The monoisotopic (exact) mass is 479 g/mol. The normalized spacial score (nSPS) is 37.4. The lowest BCUT2D eigenvalue weighted by atomic mass is 9.73. The molecule has 1 aromatic carbocycles. The number of ether oxygens (including phenoxy) is 1. The molecule has 3 amide bonds. The Bertz CT molecular complexity index is 1050. The highest BCUT2D eigenvalue weighted by atomic mass is 16.5. The molecule has 3 aliphatic heterocycles. The number of aryl methyl sites for hydroxylation is 1. The molecule has 188 valence electrons. The molecule has 4 aliphatic rings. The van der Waals surface area contributed by atoms with E-state index in [0.717, 1.165) is 24.8 Å². The van der Waals surface area contributed by atoms with Crippen molar-refractivity contribution in [3.05, 3.63) is 42.0 Å². The van der Waals surface area contributed by atoms with Crippen LogP contribution in [0.3, 0.4) is 0 Å². The number of anilines is 1. The fourth-order valence-corrected chi connectivity index (χ4v) is 6.74. The van der Waals surface area contributed by atoms with Gasteiger partial charge >= 0.3 is 0 Å². The second-order valence-corrected chi connectivity index (χ2v) is 11.0. The first-order valence-corrected chi connectivity index (χ1v) is 13.1. The highest BCUT2D eigenvalue weighted by Crippen LogP contribution is 2.55. The van der Waals surface area contributed by atoms with Crippen LogP contribution in [0, 0.1) is 30.6 Å². The van der Waals surface area contributed by atoms with Gasteiger partial charge in [-0.25, -0.2) is 0 Å². The number of fused-ring (bicyclic) bond motifs is 1. The Labute approximate surface area is 207 Å². The molecule has 35 heavy (non-hydrogen) atoms. The first-order valence-electron chi connectivity index (χ1n) is 13.1. The fraction of sp³-hybridized carbons (Fsp3) is 0.607. The second kappa shape index (κ2) is 9.08. The fourth-order valence-electron chi connectivity index (χ4n) is 6.74. The molecular formula is C28H37N3O4. The number of carbonyl (C=O) groups is 3. The van der Waals surface area contributed by atoms with Gasteiger partial charge in [0.2, 0.25) is 17.7 Å². The van der Waals surface area contributed by atoms with Crippen molar-refractivity contribution in [3.8, 4) is 0 Å². The average molecular weight is 480 g/mol. The third-order valence-corrected chi connectivity index (χ3v) is 8.71. The molecule has 5 rings (SSSR count). The van der Waals surface area contributed by atoms with Crippen molar-refractivity contribution in [2.24, 2.45) is 23.7 Å². The summed E-state index contributed by atoms with van der Waals surface area (Å²) in [6.45, 7) is 8.86. The van der Waals surface area contributed by atoms with Crippen molar-refractivity contribution < 1.29 is 19.1 Å². The molecule has 0 radical (unpaired) electrons. The van der Waals surface area contributed by atoms with E-state index in [1.54, 1.807) is 4.90 Å². The number of hydrogen-bond donors (Lipinski definition) is 2. The minimum absolute atomic E-state index is 0.0864. The Balaban J connectivity index is 1.42. The van der Waals surface area contributed by atoms with Crippen molar-refractivity contribution in [2.45, 2.75) is 77.2 Å². The van der Waals surface area contributed by atoms with Gasteiger partial charge in [-0.2, -0.15) is 0 Å². The molecular weight excluding hydrogens is 442 g/mol. The zero-order valence-corrected chi connectivity index (χ0v) is 21.1. The largest absolute Gasteiger partial charge is 0.359 e. The predicted molar refractivity (Wildman–Crippen MR) is 133 cm³/mol. The van der Waals surface area contributed by atoms with Crippen molar-refractivity contribution in [2.75, 3.05) is 11.9 Å². The summed E-state index contributed by atoms with van der Waals surface area (Å²) in [4.78, 5) is 42.7. The topological polar surface area (TPSA) is 87.7 Å². The number of likely N-dealkylation sites (tertiary alicyclic amines) is 1. The van der Waals surface area contributed by atoms with Crippen LogP contribution in [0.5, 0.6) is 0 Å². The third-order valence-electron chi connectivity index (χ3n) is 8.71. The van der Waals surface area contributed by atoms with Gasteiger partial charge in [0.15, 0.2) is 0 Å². The van der Waals surface area contributed by atoms with Crippen LogP contribution in [0.1, 0.15) is 52.0 Å². The van der Waals surface area contributed by atoms with Crippen LogP contribution in [0.15, 0.2) is 36.4 Å².